The second kappa shape index (κ2) is 24.9. The smallest absolute Gasteiger partial charge is 0.220 e. The maximum Gasteiger partial charge on any atom is 0.220 e. The molecule has 5 heteroatoms. The molecule has 5 nitrogen and oxygen atoms in total. The number of carbonyl (C=O) groups is 1. The highest BCUT2D eigenvalue weighted by Crippen LogP contribution is 2.13. The molecule has 0 spiro atoms. The number of amides is 1. The minimum absolute atomic E-state index is 0.165. The van der Waals surface area contributed by atoms with Crippen molar-refractivity contribution in [2.45, 2.75) is 148 Å². The fourth-order valence-electron chi connectivity index (χ4n) is 4.06. The molecule has 0 aromatic carbocycles. The van der Waals surface area contributed by atoms with Crippen LogP contribution in [0.1, 0.15) is 129 Å². The zero-order valence-electron chi connectivity index (χ0n) is 22.2. The van der Waals surface area contributed by atoms with E-state index in [2.05, 4.69) is 43.5 Å². The number of aliphatic hydroxyl groups is 3. The standard InChI is InChI=1S/C29H55NO4/c1-3-5-7-9-11-13-14-16-18-20-22-24-28(33)30-26(25-31)29(34)27(32)23-21-19-17-15-12-10-8-6-4-2/h6,8,15,17,26-27,29,31-32,34H,3-5,7,9-14,16,18-25H2,1-2H3,(H,30,33)/b8-6+,17-15+. The van der Waals surface area contributed by atoms with E-state index in [9.17, 15) is 20.1 Å². The lowest BCUT2D eigenvalue weighted by Crippen LogP contribution is -2.50. The third-order valence-electron chi connectivity index (χ3n) is 6.30. The normalized spacial score (nSPS) is 14.6. The molecule has 0 bridgehead atoms. The summed E-state index contributed by atoms with van der Waals surface area (Å²) in [6.45, 7) is 3.98. The van der Waals surface area contributed by atoms with Crippen LogP contribution in [0, 0.1) is 0 Å². The van der Waals surface area contributed by atoms with Gasteiger partial charge in [0, 0.05) is 6.42 Å². The Balaban J connectivity index is 3.86. The number of unbranched alkanes of at least 4 members (excludes halogenated alkanes) is 12. The quantitative estimate of drug-likeness (QED) is 0.0954. The van der Waals surface area contributed by atoms with Crippen molar-refractivity contribution in [3.63, 3.8) is 0 Å². The van der Waals surface area contributed by atoms with Gasteiger partial charge in [-0.2, -0.15) is 0 Å². The Morgan fingerprint density at radius 2 is 1.26 bits per heavy atom. The molecule has 0 fully saturated rings. The molecule has 0 aromatic rings. The highest BCUT2D eigenvalue weighted by Gasteiger charge is 2.26. The van der Waals surface area contributed by atoms with E-state index in [1.807, 2.05) is 0 Å². The Labute approximate surface area is 210 Å². The van der Waals surface area contributed by atoms with Gasteiger partial charge in [0.25, 0.3) is 0 Å². The summed E-state index contributed by atoms with van der Waals surface area (Å²) in [4.78, 5) is 12.2. The van der Waals surface area contributed by atoms with Crippen LogP contribution in [0.15, 0.2) is 24.3 Å². The van der Waals surface area contributed by atoms with Crippen molar-refractivity contribution in [3.05, 3.63) is 24.3 Å². The summed E-state index contributed by atoms with van der Waals surface area (Å²) in [6.07, 6.45) is 25.6. The van der Waals surface area contributed by atoms with Crippen LogP contribution >= 0.6 is 0 Å². The van der Waals surface area contributed by atoms with Crippen molar-refractivity contribution in [2.24, 2.45) is 0 Å². The molecule has 34 heavy (non-hydrogen) atoms. The van der Waals surface area contributed by atoms with Gasteiger partial charge in [-0.25, -0.2) is 0 Å². The molecule has 0 aliphatic carbocycles. The number of rotatable bonds is 24. The fourth-order valence-corrected chi connectivity index (χ4v) is 4.06. The maximum atomic E-state index is 12.2. The minimum atomic E-state index is -1.16. The first-order chi connectivity index (χ1) is 16.6. The molecule has 0 saturated heterocycles. The molecule has 0 aliphatic rings. The van der Waals surface area contributed by atoms with E-state index < -0.39 is 18.2 Å². The summed E-state index contributed by atoms with van der Waals surface area (Å²) >= 11 is 0. The van der Waals surface area contributed by atoms with Gasteiger partial charge < -0.3 is 20.6 Å². The van der Waals surface area contributed by atoms with Crippen molar-refractivity contribution in [1.29, 1.82) is 0 Å². The van der Waals surface area contributed by atoms with Gasteiger partial charge in [0.2, 0.25) is 5.91 Å². The molecular weight excluding hydrogens is 426 g/mol. The van der Waals surface area contributed by atoms with Gasteiger partial charge in [-0.3, -0.25) is 4.79 Å². The molecule has 1 amide bonds. The zero-order chi connectivity index (χ0) is 25.3. The van der Waals surface area contributed by atoms with Crippen LogP contribution in [0.3, 0.4) is 0 Å². The summed E-state index contributed by atoms with van der Waals surface area (Å²) in [5, 5.41) is 32.9. The summed E-state index contributed by atoms with van der Waals surface area (Å²) < 4.78 is 0. The van der Waals surface area contributed by atoms with Gasteiger partial charge in [-0.15, -0.1) is 0 Å². The monoisotopic (exact) mass is 481 g/mol. The van der Waals surface area contributed by atoms with E-state index in [4.69, 9.17) is 0 Å². The molecule has 4 N–H and O–H groups in total. The average molecular weight is 482 g/mol. The Morgan fingerprint density at radius 1 is 0.735 bits per heavy atom. The van der Waals surface area contributed by atoms with Crippen LogP contribution in [-0.2, 0) is 4.79 Å². The molecule has 0 heterocycles. The van der Waals surface area contributed by atoms with E-state index in [0.717, 1.165) is 51.4 Å². The zero-order valence-corrected chi connectivity index (χ0v) is 22.2. The summed E-state index contributed by atoms with van der Waals surface area (Å²) in [5.41, 5.74) is 0. The van der Waals surface area contributed by atoms with Crippen molar-refractivity contribution in [1.82, 2.24) is 5.32 Å². The maximum absolute atomic E-state index is 12.2. The highest BCUT2D eigenvalue weighted by atomic mass is 16.3. The van der Waals surface area contributed by atoms with Crippen molar-refractivity contribution in [2.75, 3.05) is 6.61 Å². The first kappa shape index (κ1) is 32.8. The second-order valence-electron chi connectivity index (χ2n) is 9.56. The van der Waals surface area contributed by atoms with E-state index in [-0.39, 0.29) is 12.5 Å². The van der Waals surface area contributed by atoms with E-state index >= 15 is 0 Å². The van der Waals surface area contributed by atoms with Gasteiger partial charge in [0.05, 0.1) is 18.8 Å². The number of nitrogens with one attached hydrogen (secondary N) is 1. The van der Waals surface area contributed by atoms with Gasteiger partial charge >= 0.3 is 0 Å². The largest absolute Gasteiger partial charge is 0.394 e. The number of hydrogen-bond donors (Lipinski definition) is 4. The predicted molar refractivity (Wildman–Crippen MR) is 144 cm³/mol. The second-order valence-corrected chi connectivity index (χ2v) is 9.56. The van der Waals surface area contributed by atoms with Crippen LogP contribution in [-0.4, -0.2) is 46.1 Å². The van der Waals surface area contributed by atoms with E-state index in [1.54, 1.807) is 0 Å². The number of carbonyl (C=O) groups excluding carboxylic acids is 1. The lowest BCUT2D eigenvalue weighted by atomic mass is 10.0. The molecule has 3 unspecified atom stereocenters. The van der Waals surface area contributed by atoms with Gasteiger partial charge in [-0.05, 0) is 44.9 Å². The number of aliphatic hydroxyl groups excluding tert-OH is 3. The Bertz CT molecular complexity index is 506. The Morgan fingerprint density at radius 3 is 1.82 bits per heavy atom. The topological polar surface area (TPSA) is 89.8 Å². The first-order valence-corrected chi connectivity index (χ1v) is 14.1. The minimum Gasteiger partial charge on any atom is -0.394 e. The predicted octanol–water partition coefficient (Wildman–Crippen LogP) is 6.36. The molecule has 0 radical (unpaired) electrons. The first-order valence-electron chi connectivity index (χ1n) is 14.1. The Kier molecular flexibility index (Phi) is 24.1. The van der Waals surface area contributed by atoms with Crippen LogP contribution in [0.4, 0.5) is 0 Å². The number of hydrogen-bond acceptors (Lipinski definition) is 4. The summed E-state index contributed by atoms with van der Waals surface area (Å²) in [5.74, 6) is -0.165. The Hall–Kier alpha value is -1.17. The molecule has 3 atom stereocenters. The third-order valence-corrected chi connectivity index (χ3v) is 6.30. The summed E-state index contributed by atoms with van der Waals surface area (Å²) in [6, 6.07) is -0.823. The van der Waals surface area contributed by atoms with E-state index in [1.165, 1.54) is 51.4 Å². The van der Waals surface area contributed by atoms with Crippen LogP contribution in [0.5, 0.6) is 0 Å². The highest BCUT2D eigenvalue weighted by molar-refractivity contribution is 5.76. The van der Waals surface area contributed by atoms with Crippen LogP contribution in [0.2, 0.25) is 0 Å². The molecule has 200 valence electrons. The molecular formula is C29H55NO4. The molecule has 0 aromatic heterocycles. The lowest BCUT2D eigenvalue weighted by molar-refractivity contribution is -0.124. The van der Waals surface area contributed by atoms with Gasteiger partial charge in [-0.1, -0.05) is 102 Å². The molecule has 0 aliphatic heterocycles. The van der Waals surface area contributed by atoms with Crippen molar-refractivity contribution in [3.8, 4) is 0 Å². The van der Waals surface area contributed by atoms with Crippen LogP contribution in [0.25, 0.3) is 0 Å². The van der Waals surface area contributed by atoms with Crippen molar-refractivity contribution < 1.29 is 20.1 Å². The number of allylic oxidation sites excluding steroid dienone is 4. The lowest BCUT2D eigenvalue weighted by Gasteiger charge is -2.26. The average Bonchev–Trinajstić information content (AvgIpc) is 2.84. The van der Waals surface area contributed by atoms with E-state index in [0.29, 0.717) is 12.8 Å². The van der Waals surface area contributed by atoms with Gasteiger partial charge in [0.1, 0.15) is 6.10 Å². The van der Waals surface area contributed by atoms with Gasteiger partial charge in [0.15, 0.2) is 0 Å². The van der Waals surface area contributed by atoms with Crippen molar-refractivity contribution >= 4 is 5.91 Å². The SMILES string of the molecule is CC/C=C/CC/C=C/CCCC(O)C(O)C(CO)NC(=O)CCCCCCCCCCCCC. The third kappa shape index (κ3) is 20.2. The molecule has 0 saturated carbocycles. The van der Waals surface area contributed by atoms with Crippen LogP contribution < -0.4 is 5.32 Å². The molecule has 0 rings (SSSR count). The summed E-state index contributed by atoms with van der Waals surface area (Å²) in [7, 11) is 0. The fraction of sp³-hybridized carbons (Fsp3) is 0.828.